The number of aromatic hydroxyl groups is 1. The van der Waals surface area contributed by atoms with Crippen LogP contribution in [-0.2, 0) is 0 Å². The van der Waals surface area contributed by atoms with Crippen LogP contribution < -0.4 is 10.1 Å². The first-order chi connectivity index (χ1) is 8.62. The number of methoxy groups -OCH3 is 1. The third kappa shape index (κ3) is 3.68. The van der Waals surface area contributed by atoms with Crippen LogP contribution in [-0.4, -0.2) is 18.3 Å². The molecule has 0 saturated carbocycles. The third-order valence-electron chi connectivity index (χ3n) is 2.93. The summed E-state index contributed by atoms with van der Waals surface area (Å²) in [6, 6.07) is 5.52. The molecule has 2 unspecified atom stereocenters. The van der Waals surface area contributed by atoms with Gasteiger partial charge in [0.15, 0.2) is 11.5 Å². The lowest BCUT2D eigenvalue weighted by Gasteiger charge is -2.20. The van der Waals surface area contributed by atoms with Crippen molar-refractivity contribution in [1.29, 1.82) is 0 Å². The molecule has 0 spiro atoms. The van der Waals surface area contributed by atoms with Gasteiger partial charge < -0.3 is 9.84 Å². The number of benzene rings is 1. The Morgan fingerprint density at radius 2 is 2.22 bits per heavy atom. The van der Waals surface area contributed by atoms with Crippen LogP contribution >= 0.6 is 0 Å². The number of terminal acetylenes is 1. The van der Waals surface area contributed by atoms with E-state index in [0.29, 0.717) is 5.75 Å². The van der Waals surface area contributed by atoms with E-state index in [4.69, 9.17) is 11.2 Å². The first-order valence-corrected chi connectivity index (χ1v) is 6.21. The highest BCUT2D eigenvalue weighted by molar-refractivity contribution is 5.42. The van der Waals surface area contributed by atoms with Gasteiger partial charge in [-0.25, -0.2) is 0 Å². The number of ether oxygens (including phenoxy) is 1. The smallest absolute Gasteiger partial charge is 0.160 e. The minimum atomic E-state index is 0.0739. The molecule has 3 nitrogen and oxygen atoms in total. The van der Waals surface area contributed by atoms with E-state index in [1.165, 1.54) is 7.11 Å². The largest absolute Gasteiger partial charge is 0.504 e. The number of phenols is 1. The van der Waals surface area contributed by atoms with Crippen LogP contribution in [0.4, 0.5) is 0 Å². The third-order valence-corrected chi connectivity index (χ3v) is 2.93. The highest BCUT2D eigenvalue weighted by atomic mass is 16.5. The van der Waals surface area contributed by atoms with Gasteiger partial charge in [-0.2, -0.15) is 0 Å². The molecule has 3 heteroatoms. The number of rotatable bonds is 6. The summed E-state index contributed by atoms with van der Waals surface area (Å²) in [4.78, 5) is 0. The summed E-state index contributed by atoms with van der Waals surface area (Å²) in [6.45, 7) is 4.16. The Balaban J connectivity index is 2.78. The van der Waals surface area contributed by atoms with E-state index in [9.17, 15) is 5.11 Å². The molecular formula is C15H21NO2. The fourth-order valence-corrected chi connectivity index (χ4v) is 1.87. The number of hydrogen-bond donors (Lipinski definition) is 2. The second-order valence-electron chi connectivity index (χ2n) is 4.33. The van der Waals surface area contributed by atoms with Crippen molar-refractivity contribution >= 4 is 0 Å². The Bertz CT molecular complexity index is 423. The molecule has 18 heavy (non-hydrogen) atoms. The number of nitrogens with one attached hydrogen (secondary N) is 1. The fourth-order valence-electron chi connectivity index (χ4n) is 1.87. The summed E-state index contributed by atoms with van der Waals surface area (Å²) >= 11 is 0. The van der Waals surface area contributed by atoms with Crippen LogP contribution in [0.2, 0.25) is 0 Å². The molecule has 1 aromatic carbocycles. The normalized spacial score (nSPS) is 13.7. The fraction of sp³-hybridized carbons (Fsp3) is 0.467. The Morgan fingerprint density at radius 3 is 2.78 bits per heavy atom. The van der Waals surface area contributed by atoms with E-state index >= 15 is 0 Å². The molecule has 0 aliphatic heterocycles. The standard InChI is InChI=1S/C15H21NO2/c1-5-7-13(6-2)16-11(3)12-8-9-14(17)15(10-12)18-4/h2,8-11,13,16-17H,5,7H2,1,3-4H3. The lowest BCUT2D eigenvalue weighted by Crippen LogP contribution is -2.30. The van der Waals surface area contributed by atoms with Crippen molar-refractivity contribution < 1.29 is 9.84 Å². The van der Waals surface area contributed by atoms with Crippen molar-refractivity contribution in [1.82, 2.24) is 5.32 Å². The van der Waals surface area contributed by atoms with E-state index < -0.39 is 0 Å². The second kappa shape index (κ2) is 6.93. The Hall–Kier alpha value is -1.66. The van der Waals surface area contributed by atoms with Crippen LogP contribution in [0.3, 0.4) is 0 Å². The first-order valence-electron chi connectivity index (χ1n) is 6.21. The topological polar surface area (TPSA) is 41.5 Å². The van der Waals surface area contributed by atoms with Crippen LogP contribution in [0.1, 0.15) is 38.3 Å². The van der Waals surface area contributed by atoms with Gasteiger partial charge in [0.2, 0.25) is 0 Å². The van der Waals surface area contributed by atoms with Gasteiger partial charge >= 0.3 is 0 Å². The summed E-state index contributed by atoms with van der Waals surface area (Å²) in [5.74, 6) is 3.38. The summed E-state index contributed by atoms with van der Waals surface area (Å²) < 4.78 is 5.10. The zero-order valence-corrected chi connectivity index (χ0v) is 11.2. The van der Waals surface area contributed by atoms with Gasteiger partial charge in [0.25, 0.3) is 0 Å². The monoisotopic (exact) mass is 247 g/mol. The van der Waals surface area contributed by atoms with Gasteiger partial charge in [-0.15, -0.1) is 6.42 Å². The predicted molar refractivity (Wildman–Crippen MR) is 73.7 cm³/mol. The van der Waals surface area contributed by atoms with E-state index in [0.717, 1.165) is 18.4 Å². The van der Waals surface area contributed by atoms with Crippen molar-refractivity contribution in [3.63, 3.8) is 0 Å². The number of hydrogen-bond acceptors (Lipinski definition) is 3. The van der Waals surface area contributed by atoms with Crippen molar-refractivity contribution in [2.45, 2.75) is 38.8 Å². The lowest BCUT2D eigenvalue weighted by molar-refractivity contribution is 0.372. The maximum atomic E-state index is 9.55. The molecule has 0 amide bonds. The molecule has 0 saturated heterocycles. The summed E-state index contributed by atoms with van der Waals surface area (Å²) in [5.41, 5.74) is 1.04. The molecule has 0 aliphatic carbocycles. The van der Waals surface area contributed by atoms with Crippen LogP contribution in [0.5, 0.6) is 11.5 Å². The van der Waals surface area contributed by atoms with Crippen molar-refractivity contribution in [2.24, 2.45) is 0 Å². The van der Waals surface area contributed by atoms with Gasteiger partial charge in [0, 0.05) is 6.04 Å². The summed E-state index contributed by atoms with van der Waals surface area (Å²) in [5, 5.41) is 12.9. The SMILES string of the molecule is C#CC(CCC)NC(C)c1ccc(O)c(OC)c1. The van der Waals surface area contributed by atoms with Gasteiger partial charge in [-0.1, -0.05) is 25.3 Å². The Morgan fingerprint density at radius 1 is 1.50 bits per heavy atom. The minimum Gasteiger partial charge on any atom is -0.504 e. The quantitative estimate of drug-likeness (QED) is 0.759. The molecule has 0 fully saturated rings. The van der Waals surface area contributed by atoms with Crippen LogP contribution in [0.25, 0.3) is 0 Å². The zero-order chi connectivity index (χ0) is 13.5. The minimum absolute atomic E-state index is 0.0739. The molecular weight excluding hydrogens is 226 g/mol. The average Bonchev–Trinajstić information content (AvgIpc) is 2.38. The molecule has 1 aromatic rings. The first kappa shape index (κ1) is 14.4. The Labute approximate surface area is 109 Å². The highest BCUT2D eigenvalue weighted by Gasteiger charge is 2.12. The highest BCUT2D eigenvalue weighted by Crippen LogP contribution is 2.29. The maximum absolute atomic E-state index is 9.55. The molecule has 2 N–H and O–H groups in total. The van der Waals surface area contributed by atoms with Gasteiger partial charge in [0.05, 0.1) is 13.2 Å². The van der Waals surface area contributed by atoms with E-state index in [-0.39, 0.29) is 17.8 Å². The van der Waals surface area contributed by atoms with Crippen LogP contribution in [0, 0.1) is 12.3 Å². The van der Waals surface area contributed by atoms with Gasteiger partial charge in [0.1, 0.15) is 0 Å². The molecule has 1 rings (SSSR count). The van der Waals surface area contributed by atoms with Crippen molar-refractivity contribution in [3.8, 4) is 23.8 Å². The van der Waals surface area contributed by atoms with Gasteiger partial charge in [-0.05, 0) is 31.0 Å². The van der Waals surface area contributed by atoms with Crippen molar-refractivity contribution in [2.75, 3.05) is 7.11 Å². The molecule has 0 aliphatic rings. The average molecular weight is 247 g/mol. The summed E-state index contributed by atoms with van der Waals surface area (Å²) in [6.07, 6.45) is 7.49. The van der Waals surface area contributed by atoms with Crippen LogP contribution in [0.15, 0.2) is 18.2 Å². The van der Waals surface area contributed by atoms with Gasteiger partial charge in [-0.3, -0.25) is 5.32 Å². The summed E-state index contributed by atoms with van der Waals surface area (Å²) in [7, 11) is 1.54. The molecule has 0 radical (unpaired) electrons. The van der Waals surface area contributed by atoms with E-state index in [1.807, 2.05) is 19.1 Å². The van der Waals surface area contributed by atoms with E-state index in [2.05, 4.69) is 18.2 Å². The van der Waals surface area contributed by atoms with E-state index in [1.54, 1.807) is 6.07 Å². The molecule has 0 heterocycles. The maximum Gasteiger partial charge on any atom is 0.160 e. The van der Waals surface area contributed by atoms with Crippen molar-refractivity contribution in [3.05, 3.63) is 23.8 Å². The Kier molecular flexibility index (Phi) is 5.54. The molecule has 0 bridgehead atoms. The zero-order valence-electron chi connectivity index (χ0n) is 11.2. The molecule has 0 aromatic heterocycles. The molecule has 2 atom stereocenters. The number of phenolic OH excluding ortho intramolecular Hbond substituents is 1. The second-order valence-corrected chi connectivity index (χ2v) is 4.33. The lowest BCUT2D eigenvalue weighted by atomic mass is 10.1. The predicted octanol–water partition coefficient (Wildman–Crippen LogP) is 2.85. The molecule has 98 valence electrons.